The number of nitriles is 1. The predicted molar refractivity (Wildman–Crippen MR) is 77.9 cm³/mol. The van der Waals surface area contributed by atoms with Gasteiger partial charge in [-0.1, -0.05) is 19.1 Å². The largest absolute Gasteiger partial charge is 0.490 e. The molecule has 2 rings (SSSR count). The molecule has 4 nitrogen and oxygen atoms in total. The van der Waals surface area contributed by atoms with Gasteiger partial charge in [-0.05, 0) is 30.7 Å². The molecule has 0 saturated heterocycles. The van der Waals surface area contributed by atoms with E-state index in [2.05, 4.69) is 6.07 Å². The fourth-order valence-electron chi connectivity index (χ4n) is 1.68. The quantitative estimate of drug-likeness (QED) is 0.839. The van der Waals surface area contributed by atoms with E-state index in [0.29, 0.717) is 35.1 Å². The van der Waals surface area contributed by atoms with Crippen molar-refractivity contribution in [2.75, 3.05) is 12.3 Å². The normalized spacial score (nSPS) is 9.80. The first kappa shape index (κ1) is 13.8. The molecule has 0 radical (unpaired) electrons. The molecule has 2 N–H and O–H groups in total. The first-order chi connectivity index (χ1) is 9.74. The second-order valence-electron chi connectivity index (χ2n) is 4.26. The number of ether oxygens (including phenoxy) is 2. The van der Waals surface area contributed by atoms with Gasteiger partial charge in [0.05, 0.1) is 23.9 Å². The molecule has 20 heavy (non-hydrogen) atoms. The maximum atomic E-state index is 8.92. The number of para-hydroxylation sites is 2. The molecule has 0 spiro atoms. The first-order valence-corrected chi connectivity index (χ1v) is 6.44. The smallest absolute Gasteiger partial charge is 0.169 e. The molecule has 0 heterocycles. The van der Waals surface area contributed by atoms with Crippen molar-refractivity contribution in [2.45, 2.75) is 13.3 Å². The summed E-state index contributed by atoms with van der Waals surface area (Å²) in [7, 11) is 0. The fraction of sp³-hybridized carbons (Fsp3) is 0.188. The molecule has 0 atom stereocenters. The number of hydrogen-bond donors (Lipinski definition) is 1. The molecule has 0 unspecified atom stereocenters. The van der Waals surface area contributed by atoms with Crippen LogP contribution in [-0.2, 0) is 0 Å². The van der Waals surface area contributed by atoms with E-state index in [-0.39, 0.29) is 0 Å². The molecule has 0 bridgehead atoms. The summed E-state index contributed by atoms with van der Waals surface area (Å²) in [4.78, 5) is 0. The number of hydrogen-bond acceptors (Lipinski definition) is 4. The average molecular weight is 268 g/mol. The van der Waals surface area contributed by atoms with E-state index >= 15 is 0 Å². The Labute approximate surface area is 118 Å². The van der Waals surface area contributed by atoms with Crippen LogP contribution in [0, 0.1) is 11.3 Å². The van der Waals surface area contributed by atoms with Gasteiger partial charge in [0.2, 0.25) is 0 Å². The summed E-state index contributed by atoms with van der Waals surface area (Å²) in [6.45, 7) is 2.66. The zero-order valence-electron chi connectivity index (χ0n) is 11.3. The van der Waals surface area contributed by atoms with Gasteiger partial charge in [-0.2, -0.15) is 5.26 Å². The Morgan fingerprint density at radius 2 is 1.85 bits per heavy atom. The van der Waals surface area contributed by atoms with E-state index in [0.717, 1.165) is 6.42 Å². The Bertz CT molecular complexity index is 633. The van der Waals surface area contributed by atoms with Crippen LogP contribution >= 0.6 is 0 Å². The van der Waals surface area contributed by atoms with Crippen LogP contribution < -0.4 is 15.2 Å². The van der Waals surface area contributed by atoms with Crippen molar-refractivity contribution >= 4 is 5.69 Å². The van der Waals surface area contributed by atoms with Gasteiger partial charge in [0, 0.05) is 6.07 Å². The number of benzene rings is 2. The number of nitrogens with two attached hydrogens (primary N) is 1. The van der Waals surface area contributed by atoms with Gasteiger partial charge < -0.3 is 15.2 Å². The Kier molecular flexibility index (Phi) is 4.46. The third-order valence-corrected chi connectivity index (χ3v) is 2.67. The van der Waals surface area contributed by atoms with E-state index in [1.165, 1.54) is 0 Å². The molecule has 0 aromatic heterocycles. The minimum atomic E-state index is 0.455. The highest BCUT2D eigenvalue weighted by atomic mass is 16.5. The fourth-order valence-corrected chi connectivity index (χ4v) is 1.68. The molecule has 0 aliphatic rings. The Balaban J connectivity index is 2.28. The third kappa shape index (κ3) is 3.21. The summed E-state index contributed by atoms with van der Waals surface area (Å²) in [5, 5.41) is 8.92. The van der Waals surface area contributed by atoms with Crippen molar-refractivity contribution in [3.05, 3.63) is 48.0 Å². The zero-order valence-corrected chi connectivity index (χ0v) is 11.3. The maximum Gasteiger partial charge on any atom is 0.169 e. The van der Waals surface area contributed by atoms with Crippen molar-refractivity contribution in [1.82, 2.24) is 0 Å². The van der Waals surface area contributed by atoms with Crippen molar-refractivity contribution < 1.29 is 9.47 Å². The summed E-state index contributed by atoms with van der Waals surface area (Å²) >= 11 is 0. The van der Waals surface area contributed by atoms with Crippen LogP contribution in [0.4, 0.5) is 5.69 Å². The van der Waals surface area contributed by atoms with Crippen LogP contribution in [0.5, 0.6) is 17.2 Å². The van der Waals surface area contributed by atoms with Crippen molar-refractivity contribution in [2.24, 2.45) is 0 Å². The maximum absolute atomic E-state index is 8.92. The van der Waals surface area contributed by atoms with Gasteiger partial charge in [0.15, 0.2) is 17.2 Å². The van der Waals surface area contributed by atoms with Gasteiger partial charge in [0.1, 0.15) is 0 Å². The average Bonchev–Trinajstić information content (AvgIpc) is 2.48. The zero-order chi connectivity index (χ0) is 14.4. The van der Waals surface area contributed by atoms with E-state index in [1.807, 2.05) is 31.2 Å². The second-order valence-corrected chi connectivity index (χ2v) is 4.26. The Morgan fingerprint density at radius 3 is 2.55 bits per heavy atom. The Morgan fingerprint density at radius 1 is 1.10 bits per heavy atom. The van der Waals surface area contributed by atoms with Crippen LogP contribution in [0.2, 0.25) is 0 Å². The Hall–Kier alpha value is -2.67. The molecule has 2 aromatic rings. The lowest BCUT2D eigenvalue weighted by molar-refractivity contribution is 0.302. The molecule has 102 valence electrons. The van der Waals surface area contributed by atoms with E-state index in [9.17, 15) is 0 Å². The van der Waals surface area contributed by atoms with Crippen molar-refractivity contribution in [1.29, 1.82) is 5.26 Å². The van der Waals surface area contributed by atoms with Crippen LogP contribution in [0.25, 0.3) is 0 Å². The van der Waals surface area contributed by atoms with E-state index in [1.54, 1.807) is 18.2 Å². The number of nitrogens with zero attached hydrogens (tertiary/aromatic N) is 1. The van der Waals surface area contributed by atoms with Crippen LogP contribution in [0.3, 0.4) is 0 Å². The van der Waals surface area contributed by atoms with Crippen molar-refractivity contribution in [3.63, 3.8) is 0 Å². The van der Waals surface area contributed by atoms with Gasteiger partial charge in [-0.15, -0.1) is 0 Å². The van der Waals surface area contributed by atoms with E-state index in [4.69, 9.17) is 20.5 Å². The molecule has 0 fully saturated rings. The highest BCUT2D eigenvalue weighted by Crippen LogP contribution is 2.34. The standard InChI is InChI=1S/C16H16N2O2/c1-2-9-19-14-5-3-4-6-15(14)20-16-10-12(11-17)7-8-13(16)18/h3-8,10H,2,9,18H2,1H3. The summed E-state index contributed by atoms with van der Waals surface area (Å²) in [5.74, 6) is 1.70. The summed E-state index contributed by atoms with van der Waals surface area (Å²) < 4.78 is 11.4. The van der Waals surface area contributed by atoms with Crippen LogP contribution in [0.15, 0.2) is 42.5 Å². The molecular weight excluding hydrogens is 252 g/mol. The highest BCUT2D eigenvalue weighted by molar-refractivity contribution is 5.58. The monoisotopic (exact) mass is 268 g/mol. The van der Waals surface area contributed by atoms with Crippen molar-refractivity contribution in [3.8, 4) is 23.3 Å². The minimum absolute atomic E-state index is 0.455. The van der Waals surface area contributed by atoms with Gasteiger partial charge in [-0.25, -0.2) is 0 Å². The van der Waals surface area contributed by atoms with Crippen LogP contribution in [-0.4, -0.2) is 6.61 Å². The lowest BCUT2D eigenvalue weighted by Gasteiger charge is -2.13. The van der Waals surface area contributed by atoms with E-state index < -0.39 is 0 Å². The number of anilines is 1. The summed E-state index contributed by atoms with van der Waals surface area (Å²) in [6, 6.07) is 14.4. The first-order valence-electron chi connectivity index (χ1n) is 6.44. The molecule has 0 saturated carbocycles. The van der Waals surface area contributed by atoms with Gasteiger partial charge in [-0.3, -0.25) is 0 Å². The van der Waals surface area contributed by atoms with Gasteiger partial charge in [0.25, 0.3) is 0 Å². The SMILES string of the molecule is CCCOc1ccccc1Oc1cc(C#N)ccc1N. The molecular formula is C16H16N2O2. The second kappa shape index (κ2) is 6.48. The third-order valence-electron chi connectivity index (χ3n) is 2.67. The predicted octanol–water partition coefficient (Wildman–Crippen LogP) is 3.72. The van der Waals surface area contributed by atoms with Gasteiger partial charge >= 0.3 is 0 Å². The lowest BCUT2D eigenvalue weighted by Crippen LogP contribution is -1.98. The molecule has 4 heteroatoms. The minimum Gasteiger partial charge on any atom is -0.490 e. The molecule has 0 aliphatic carbocycles. The molecule has 0 aliphatic heterocycles. The lowest BCUT2D eigenvalue weighted by atomic mass is 10.2. The van der Waals surface area contributed by atoms with Crippen LogP contribution in [0.1, 0.15) is 18.9 Å². The summed E-state index contributed by atoms with van der Waals surface area (Å²) in [5.41, 5.74) is 6.85. The number of nitrogen functional groups attached to an aromatic ring is 1. The topological polar surface area (TPSA) is 68.3 Å². The number of rotatable bonds is 5. The molecule has 2 aromatic carbocycles. The summed E-state index contributed by atoms with van der Waals surface area (Å²) in [6.07, 6.45) is 0.917. The highest BCUT2D eigenvalue weighted by Gasteiger charge is 2.08. The molecule has 0 amide bonds.